The van der Waals surface area contributed by atoms with Crippen molar-refractivity contribution in [2.75, 3.05) is 5.32 Å². The Morgan fingerprint density at radius 2 is 1.79 bits per heavy atom. The molecule has 38 heavy (non-hydrogen) atoms. The standard InChI is InChI=1S/C29H32Cl2FN3O3/c30-16-7-12-20-22(15-16)34-27(38)29(20)23(19-5-4-6-21(31)24(19)32)25(35-28(29)13-2-1-3-14-28)26(37)33-17-8-10-18(36)11-9-17/h4-7,12,15,17-18,23,25,35-36H,1-3,8-11,13-14H2,(H,33,37)(H,34,38)/t17?,18?,23-,25+,29?/m0/s1. The molecule has 0 radical (unpaired) electrons. The number of carbonyl (C=O) groups is 2. The summed E-state index contributed by atoms with van der Waals surface area (Å²) < 4.78 is 15.9. The predicted molar refractivity (Wildman–Crippen MR) is 145 cm³/mol. The second-order valence-corrected chi connectivity index (χ2v) is 12.2. The van der Waals surface area contributed by atoms with Crippen LogP contribution in [-0.2, 0) is 15.0 Å². The molecule has 1 unspecified atom stereocenters. The van der Waals surface area contributed by atoms with Gasteiger partial charge in [-0.2, -0.15) is 0 Å². The predicted octanol–water partition coefficient (Wildman–Crippen LogP) is 5.20. The third kappa shape index (κ3) is 3.88. The summed E-state index contributed by atoms with van der Waals surface area (Å²) in [5.41, 5.74) is -0.391. The third-order valence-electron chi connectivity index (χ3n) is 9.35. The highest BCUT2D eigenvalue weighted by atomic mass is 35.5. The first-order valence-electron chi connectivity index (χ1n) is 13.6. The van der Waals surface area contributed by atoms with Crippen LogP contribution in [0.15, 0.2) is 36.4 Å². The van der Waals surface area contributed by atoms with Crippen molar-refractivity contribution in [1.82, 2.24) is 10.6 Å². The minimum absolute atomic E-state index is 0.0441. The van der Waals surface area contributed by atoms with Gasteiger partial charge in [0, 0.05) is 28.2 Å². The van der Waals surface area contributed by atoms with Crippen molar-refractivity contribution >= 4 is 40.7 Å². The fourth-order valence-electron chi connectivity index (χ4n) is 7.73. The van der Waals surface area contributed by atoms with Gasteiger partial charge < -0.3 is 15.7 Å². The number of aliphatic hydroxyl groups excluding tert-OH is 1. The van der Waals surface area contributed by atoms with Crippen LogP contribution < -0.4 is 16.0 Å². The molecule has 6 nitrogen and oxygen atoms in total. The Bertz CT molecular complexity index is 1280. The Kier molecular flexibility index (Phi) is 6.70. The molecule has 202 valence electrons. The summed E-state index contributed by atoms with van der Waals surface area (Å²) >= 11 is 12.6. The van der Waals surface area contributed by atoms with Crippen LogP contribution in [0.25, 0.3) is 0 Å². The van der Waals surface area contributed by atoms with E-state index in [-0.39, 0.29) is 34.5 Å². The zero-order valence-electron chi connectivity index (χ0n) is 21.0. The van der Waals surface area contributed by atoms with E-state index in [1.807, 2.05) is 6.07 Å². The summed E-state index contributed by atoms with van der Waals surface area (Å²) in [5.74, 6) is -1.95. The van der Waals surface area contributed by atoms with Gasteiger partial charge in [0.05, 0.1) is 17.2 Å². The van der Waals surface area contributed by atoms with Crippen LogP contribution >= 0.6 is 23.2 Å². The van der Waals surface area contributed by atoms with Crippen molar-refractivity contribution in [2.24, 2.45) is 0 Å². The van der Waals surface area contributed by atoms with Crippen molar-refractivity contribution in [3.05, 3.63) is 63.4 Å². The second kappa shape index (κ2) is 9.77. The molecule has 3 atom stereocenters. The van der Waals surface area contributed by atoms with Crippen LogP contribution in [0.3, 0.4) is 0 Å². The fourth-order valence-corrected chi connectivity index (χ4v) is 8.08. The maximum atomic E-state index is 15.9. The molecule has 2 aromatic rings. The summed E-state index contributed by atoms with van der Waals surface area (Å²) in [7, 11) is 0. The minimum Gasteiger partial charge on any atom is -0.393 e. The number of fused-ring (bicyclic) bond motifs is 3. The highest BCUT2D eigenvalue weighted by Gasteiger charge is 2.72. The summed E-state index contributed by atoms with van der Waals surface area (Å²) in [6.07, 6.45) is 6.43. The van der Waals surface area contributed by atoms with Gasteiger partial charge in [-0.25, -0.2) is 4.39 Å². The fraction of sp³-hybridized carbons (Fsp3) is 0.517. The second-order valence-electron chi connectivity index (χ2n) is 11.4. The van der Waals surface area contributed by atoms with E-state index in [1.165, 1.54) is 6.07 Å². The molecular formula is C29H32Cl2FN3O3. The Hall–Kier alpha value is -2.19. The molecule has 4 N–H and O–H groups in total. The number of halogens is 3. The number of benzene rings is 2. The first-order valence-corrected chi connectivity index (χ1v) is 14.3. The normalized spacial score (nSPS) is 31.8. The molecule has 0 aromatic heterocycles. The quantitative estimate of drug-likeness (QED) is 0.416. The van der Waals surface area contributed by atoms with E-state index in [9.17, 15) is 14.7 Å². The van der Waals surface area contributed by atoms with Gasteiger partial charge in [-0.1, -0.05) is 60.7 Å². The average Bonchev–Trinajstić information content (AvgIpc) is 3.35. The molecule has 2 heterocycles. The van der Waals surface area contributed by atoms with Crippen molar-refractivity contribution in [3.8, 4) is 0 Å². The van der Waals surface area contributed by atoms with Gasteiger partial charge in [-0.3, -0.25) is 14.9 Å². The van der Waals surface area contributed by atoms with Crippen LogP contribution in [0.2, 0.25) is 10.0 Å². The lowest BCUT2D eigenvalue weighted by molar-refractivity contribution is -0.125. The van der Waals surface area contributed by atoms with E-state index < -0.39 is 28.7 Å². The van der Waals surface area contributed by atoms with E-state index in [2.05, 4.69) is 16.0 Å². The van der Waals surface area contributed by atoms with Gasteiger partial charge in [0.25, 0.3) is 0 Å². The number of nitrogens with one attached hydrogen (secondary N) is 3. The molecule has 2 saturated carbocycles. The molecule has 2 aliphatic carbocycles. The molecule has 2 amide bonds. The maximum Gasteiger partial charge on any atom is 0.238 e. The van der Waals surface area contributed by atoms with Gasteiger partial charge in [-0.15, -0.1) is 0 Å². The van der Waals surface area contributed by atoms with E-state index in [1.54, 1.807) is 24.3 Å². The zero-order chi connectivity index (χ0) is 26.7. The summed E-state index contributed by atoms with van der Waals surface area (Å²) in [6.45, 7) is 0. The van der Waals surface area contributed by atoms with Crippen molar-refractivity contribution < 1.29 is 19.1 Å². The number of hydrogen-bond donors (Lipinski definition) is 4. The van der Waals surface area contributed by atoms with Crippen LogP contribution in [0.4, 0.5) is 10.1 Å². The van der Waals surface area contributed by atoms with Crippen LogP contribution in [-0.4, -0.2) is 40.6 Å². The average molecular weight is 560 g/mol. The largest absolute Gasteiger partial charge is 0.393 e. The van der Waals surface area contributed by atoms with Gasteiger partial charge in [0.2, 0.25) is 11.8 Å². The topological polar surface area (TPSA) is 90.5 Å². The maximum absolute atomic E-state index is 15.9. The SMILES string of the molecule is O=C(NC1CCC(O)CC1)[C@@H]1NC2(CCCCC2)C2(C(=O)Nc3cc(Cl)ccc32)[C@H]1c1cccc(Cl)c1F. The Morgan fingerprint density at radius 3 is 2.53 bits per heavy atom. The molecule has 2 spiro atoms. The van der Waals surface area contributed by atoms with E-state index >= 15 is 4.39 Å². The molecule has 6 rings (SSSR count). The van der Waals surface area contributed by atoms with Gasteiger partial charge in [-0.05, 0) is 67.9 Å². The van der Waals surface area contributed by atoms with Crippen molar-refractivity contribution in [2.45, 2.75) is 92.8 Å². The summed E-state index contributed by atoms with van der Waals surface area (Å²) in [6, 6.07) is 9.20. The number of amides is 2. The van der Waals surface area contributed by atoms with Crippen LogP contribution in [0.1, 0.15) is 74.8 Å². The summed E-state index contributed by atoms with van der Waals surface area (Å²) in [5, 5.41) is 20.2. The number of aliphatic hydroxyl groups is 1. The van der Waals surface area contributed by atoms with Crippen molar-refractivity contribution in [1.29, 1.82) is 0 Å². The monoisotopic (exact) mass is 559 g/mol. The first-order chi connectivity index (χ1) is 18.3. The summed E-state index contributed by atoms with van der Waals surface area (Å²) in [4.78, 5) is 28.4. The smallest absolute Gasteiger partial charge is 0.238 e. The molecule has 3 fully saturated rings. The Balaban J connectivity index is 1.53. The zero-order valence-corrected chi connectivity index (χ0v) is 22.5. The Morgan fingerprint density at radius 1 is 1.05 bits per heavy atom. The minimum atomic E-state index is -1.23. The number of rotatable bonds is 3. The molecule has 9 heteroatoms. The van der Waals surface area contributed by atoms with E-state index in [0.717, 1.165) is 24.8 Å². The molecule has 0 bridgehead atoms. The lowest BCUT2D eigenvalue weighted by atomic mass is 9.55. The van der Waals surface area contributed by atoms with Gasteiger partial charge in [0.1, 0.15) is 11.2 Å². The lowest BCUT2D eigenvalue weighted by Crippen LogP contribution is -2.60. The van der Waals surface area contributed by atoms with Gasteiger partial charge >= 0.3 is 0 Å². The molecule has 2 aliphatic heterocycles. The molecule has 1 saturated heterocycles. The van der Waals surface area contributed by atoms with Crippen LogP contribution in [0, 0.1) is 5.82 Å². The third-order valence-corrected chi connectivity index (χ3v) is 9.88. The number of carbonyl (C=O) groups excluding carboxylic acids is 2. The molecule has 2 aromatic carbocycles. The first kappa shape index (κ1) is 26.1. The molecular weight excluding hydrogens is 528 g/mol. The Labute approximate surface area is 231 Å². The van der Waals surface area contributed by atoms with Crippen LogP contribution in [0.5, 0.6) is 0 Å². The highest BCUT2D eigenvalue weighted by Crippen LogP contribution is 2.62. The van der Waals surface area contributed by atoms with Gasteiger partial charge in [0.15, 0.2) is 0 Å². The number of anilines is 1. The van der Waals surface area contributed by atoms with Crippen molar-refractivity contribution in [3.63, 3.8) is 0 Å². The highest BCUT2D eigenvalue weighted by molar-refractivity contribution is 6.31. The number of hydrogen-bond acceptors (Lipinski definition) is 4. The van der Waals surface area contributed by atoms with E-state index in [0.29, 0.717) is 49.2 Å². The molecule has 4 aliphatic rings. The van der Waals surface area contributed by atoms with E-state index in [4.69, 9.17) is 23.2 Å². The lowest BCUT2D eigenvalue weighted by Gasteiger charge is -2.47.